The third kappa shape index (κ3) is 3.15. The van der Waals surface area contributed by atoms with E-state index in [4.69, 9.17) is 18.0 Å². The number of hydrogen-bond acceptors (Lipinski definition) is 3. The lowest BCUT2D eigenvalue weighted by Gasteiger charge is -2.26. The summed E-state index contributed by atoms with van der Waals surface area (Å²) in [5, 5.41) is -0.762. The predicted molar refractivity (Wildman–Crippen MR) is 69.7 cm³/mol. The van der Waals surface area contributed by atoms with Crippen LogP contribution in [0, 0.1) is 5.92 Å². The first-order valence-corrected chi connectivity index (χ1v) is 7.48. The quantitative estimate of drug-likeness (QED) is 0.730. The van der Waals surface area contributed by atoms with Gasteiger partial charge in [-0.1, -0.05) is 26.1 Å². The first kappa shape index (κ1) is 13.9. The zero-order valence-electron chi connectivity index (χ0n) is 10.0. The first-order chi connectivity index (χ1) is 7.26. The summed E-state index contributed by atoms with van der Waals surface area (Å²) in [5.74, 6) is 0.314. The minimum Gasteiger partial charge on any atom is -0.392 e. The van der Waals surface area contributed by atoms with E-state index < -0.39 is 15.3 Å². The second-order valence-corrected chi connectivity index (χ2v) is 7.46. The molecule has 4 nitrogen and oxygen atoms in total. The van der Waals surface area contributed by atoms with E-state index in [1.807, 2.05) is 13.8 Å². The van der Waals surface area contributed by atoms with Crippen molar-refractivity contribution in [3.05, 3.63) is 0 Å². The van der Waals surface area contributed by atoms with Crippen molar-refractivity contribution in [2.45, 2.75) is 44.9 Å². The molecule has 1 aliphatic carbocycles. The van der Waals surface area contributed by atoms with Crippen LogP contribution in [0.1, 0.15) is 33.6 Å². The highest BCUT2D eigenvalue weighted by molar-refractivity contribution is 7.92. The second kappa shape index (κ2) is 4.98. The van der Waals surface area contributed by atoms with E-state index in [-0.39, 0.29) is 11.0 Å². The smallest absolute Gasteiger partial charge is 0.223 e. The number of thiocarbonyl (C=S) groups is 1. The fourth-order valence-corrected chi connectivity index (χ4v) is 3.73. The summed E-state index contributed by atoms with van der Waals surface area (Å²) < 4.78 is 26.1. The molecule has 2 N–H and O–H groups in total. The zero-order chi connectivity index (χ0) is 12.5. The van der Waals surface area contributed by atoms with Gasteiger partial charge >= 0.3 is 0 Å². The summed E-state index contributed by atoms with van der Waals surface area (Å²) in [6.07, 6.45) is 1.91. The lowest BCUT2D eigenvalue weighted by molar-refractivity contribution is 0.359. The van der Waals surface area contributed by atoms with Gasteiger partial charge in [-0.2, -0.15) is 4.31 Å². The lowest BCUT2D eigenvalue weighted by atomic mass is 10.2. The molecule has 1 aliphatic rings. The van der Waals surface area contributed by atoms with Crippen LogP contribution in [0.4, 0.5) is 0 Å². The summed E-state index contributed by atoms with van der Waals surface area (Å²) in [6.45, 7) is 6.14. The SMILES string of the molecule is CC(C)CN(C1CC1)S(=O)(=O)C(C)C(N)=S. The Bertz CT molecular complexity index is 361. The number of nitrogens with zero attached hydrogens (tertiary/aromatic N) is 1. The molecule has 0 radical (unpaired) electrons. The Morgan fingerprint density at radius 1 is 1.44 bits per heavy atom. The Balaban J connectivity index is 2.88. The van der Waals surface area contributed by atoms with E-state index >= 15 is 0 Å². The molecule has 0 aromatic rings. The average Bonchev–Trinajstić information content (AvgIpc) is 2.95. The van der Waals surface area contributed by atoms with Gasteiger partial charge in [-0.3, -0.25) is 0 Å². The van der Waals surface area contributed by atoms with Crippen LogP contribution in [-0.2, 0) is 10.0 Å². The molecule has 1 saturated carbocycles. The summed E-state index contributed by atoms with van der Waals surface area (Å²) in [5.41, 5.74) is 5.44. The van der Waals surface area contributed by atoms with Gasteiger partial charge in [0, 0.05) is 12.6 Å². The molecule has 0 saturated heterocycles. The Hall–Kier alpha value is -0.200. The lowest BCUT2D eigenvalue weighted by Crippen LogP contribution is -2.45. The molecule has 1 rings (SSSR count). The normalized spacial score (nSPS) is 19.1. The summed E-state index contributed by atoms with van der Waals surface area (Å²) in [7, 11) is -3.37. The van der Waals surface area contributed by atoms with E-state index in [2.05, 4.69) is 0 Å². The molecule has 1 unspecified atom stereocenters. The van der Waals surface area contributed by atoms with Crippen LogP contribution >= 0.6 is 12.2 Å². The van der Waals surface area contributed by atoms with Crippen LogP contribution < -0.4 is 5.73 Å². The van der Waals surface area contributed by atoms with Crippen molar-refractivity contribution in [3.8, 4) is 0 Å². The van der Waals surface area contributed by atoms with Crippen LogP contribution in [0.15, 0.2) is 0 Å². The van der Waals surface area contributed by atoms with Gasteiger partial charge in [-0.05, 0) is 25.7 Å². The zero-order valence-corrected chi connectivity index (χ0v) is 11.6. The summed E-state index contributed by atoms with van der Waals surface area (Å²) in [4.78, 5) is 0.0504. The highest BCUT2D eigenvalue weighted by Crippen LogP contribution is 2.31. The Labute approximate surface area is 103 Å². The van der Waals surface area contributed by atoms with Crippen LogP contribution in [0.5, 0.6) is 0 Å². The third-order valence-corrected chi connectivity index (χ3v) is 5.42. The van der Waals surface area contributed by atoms with Gasteiger partial charge in [0.25, 0.3) is 0 Å². The van der Waals surface area contributed by atoms with Crippen molar-refractivity contribution in [3.63, 3.8) is 0 Å². The average molecular weight is 264 g/mol. The summed E-state index contributed by atoms with van der Waals surface area (Å²) in [6, 6.07) is 0.171. The van der Waals surface area contributed by atoms with E-state index in [9.17, 15) is 8.42 Å². The molecule has 1 fully saturated rings. The Morgan fingerprint density at radius 2 is 1.94 bits per heavy atom. The molecular weight excluding hydrogens is 244 g/mol. The molecule has 94 valence electrons. The fraction of sp³-hybridized carbons (Fsp3) is 0.900. The monoisotopic (exact) mass is 264 g/mol. The highest BCUT2D eigenvalue weighted by atomic mass is 32.2. The third-order valence-electron chi connectivity index (χ3n) is 2.67. The molecule has 0 aromatic heterocycles. The van der Waals surface area contributed by atoms with Gasteiger partial charge in [0.15, 0.2) is 0 Å². The molecule has 0 heterocycles. The van der Waals surface area contributed by atoms with E-state index in [0.717, 1.165) is 12.8 Å². The maximum absolute atomic E-state index is 12.2. The second-order valence-electron chi connectivity index (χ2n) is 4.78. The maximum atomic E-state index is 12.2. The van der Waals surface area contributed by atoms with Crippen molar-refractivity contribution in [2.75, 3.05) is 6.54 Å². The number of nitrogens with two attached hydrogens (primary N) is 1. The molecule has 0 aliphatic heterocycles. The van der Waals surface area contributed by atoms with Gasteiger partial charge in [0.1, 0.15) is 5.25 Å². The summed E-state index contributed by atoms with van der Waals surface area (Å²) >= 11 is 4.78. The first-order valence-electron chi connectivity index (χ1n) is 5.56. The molecule has 6 heteroatoms. The van der Waals surface area contributed by atoms with E-state index in [0.29, 0.717) is 12.5 Å². The van der Waals surface area contributed by atoms with E-state index in [1.165, 1.54) is 0 Å². The van der Waals surface area contributed by atoms with Crippen molar-refractivity contribution < 1.29 is 8.42 Å². The Kier molecular flexibility index (Phi) is 4.31. The highest BCUT2D eigenvalue weighted by Gasteiger charge is 2.40. The standard InChI is InChI=1S/C10H20N2O2S2/c1-7(2)6-12(9-4-5-9)16(13,14)8(3)10(11)15/h7-9H,4-6H2,1-3H3,(H2,11,15). The van der Waals surface area contributed by atoms with Gasteiger partial charge in [0.2, 0.25) is 10.0 Å². The molecule has 16 heavy (non-hydrogen) atoms. The Morgan fingerprint density at radius 3 is 2.25 bits per heavy atom. The van der Waals surface area contributed by atoms with Crippen LogP contribution in [0.3, 0.4) is 0 Å². The van der Waals surface area contributed by atoms with Crippen LogP contribution in [0.25, 0.3) is 0 Å². The van der Waals surface area contributed by atoms with Crippen molar-refractivity contribution in [2.24, 2.45) is 11.7 Å². The maximum Gasteiger partial charge on any atom is 0.223 e. The number of rotatable bonds is 6. The van der Waals surface area contributed by atoms with Gasteiger partial charge < -0.3 is 5.73 Å². The topological polar surface area (TPSA) is 63.4 Å². The van der Waals surface area contributed by atoms with Gasteiger partial charge in [-0.25, -0.2) is 8.42 Å². The fourth-order valence-electron chi connectivity index (χ4n) is 1.53. The van der Waals surface area contributed by atoms with Gasteiger partial charge in [0.05, 0.1) is 4.99 Å². The van der Waals surface area contributed by atoms with Crippen LogP contribution in [-0.4, -0.2) is 35.5 Å². The molecular formula is C10H20N2O2S2. The van der Waals surface area contributed by atoms with Gasteiger partial charge in [-0.15, -0.1) is 0 Å². The minimum atomic E-state index is -3.37. The molecule has 1 atom stereocenters. The number of hydrogen-bond donors (Lipinski definition) is 1. The van der Waals surface area contributed by atoms with Crippen molar-refractivity contribution in [1.29, 1.82) is 0 Å². The molecule has 0 aromatic carbocycles. The van der Waals surface area contributed by atoms with Crippen LogP contribution in [0.2, 0.25) is 0 Å². The van der Waals surface area contributed by atoms with E-state index in [1.54, 1.807) is 11.2 Å². The number of sulfonamides is 1. The van der Waals surface area contributed by atoms with Crippen molar-refractivity contribution >= 4 is 27.2 Å². The molecule has 0 amide bonds. The predicted octanol–water partition coefficient (Wildman–Crippen LogP) is 1.11. The van der Waals surface area contributed by atoms with Crippen molar-refractivity contribution in [1.82, 2.24) is 4.31 Å². The minimum absolute atomic E-state index is 0.0504. The molecule has 0 spiro atoms. The largest absolute Gasteiger partial charge is 0.392 e. The molecule has 0 bridgehead atoms.